The van der Waals surface area contributed by atoms with Crippen LogP contribution >= 0.6 is 0 Å². The molecule has 1 saturated heterocycles. The third-order valence-corrected chi connectivity index (χ3v) is 6.05. The summed E-state index contributed by atoms with van der Waals surface area (Å²) in [5.41, 5.74) is 1.76. The van der Waals surface area contributed by atoms with Gasteiger partial charge in [-0.1, -0.05) is 12.2 Å². The van der Waals surface area contributed by atoms with Crippen LogP contribution in [0.15, 0.2) is 18.2 Å². The summed E-state index contributed by atoms with van der Waals surface area (Å²) in [6, 6.07) is 2.26. The molecule has 0 amide bonds. The summed E-state index contributed by atoms with van der Waals surface area (Å²) in [7, 11) is 3.39. The van der Waals surface area contributed by atoms with E-state index in [0.29, 0.717) is 18.0 Å². The van der Waals surface area contributed by atoms with Crippen molar-refractivity contribution >= 4 is 0 Å². The van der Waals surface area contributed by atoms with E-state index in [9.17, 15) is 5.11 Å². The summed E-state index contributed by atoms with van der Waals surface area (Å²) in [6.07, 6.45) is 4.73. The molecule has 0 aromatic heterocycles. The number of hydrogen-bond acceptors (Lipinski definition) is 6. The Labute approximate surface area is 140 Å². The van der Waals surface area contributed by atoms with Crippen LogP contribution in [0.4, 0.5) is 0 Å². The molecule has 6 heteroatoms. The molecule has 2 bridgehead atoms. The molecular formula is C18H21NO5. The Balaban J connectivity index is 1.76. The number of fused-ring (bicyclic) bond motifs is 2. The second kappa shape index (κ2) is 4.88. The van der Waals surface area contributed by atoms with Gasteiger partial charge in [0.25, 0.3) is 0 Å². The monoisotopic (exact) mass is 331 g/mol. The average Bonchev–Trinajstić information content (AvgIpc) is 3.14. The molecule has 5 atom stereocenters. The minimum atomic E-state index is -0.456. The third-order valence-electron chi connectivity index (χ3n) is 6.05. The lowest BCUT2D eigenvalue weighted by Crippen LogP contribution is -2.52. The summed E-state index contributed by atoms with van der Waals surface area (Å²) in [5.74, 6) is 2.11. The van der Waals surface area contributed by atoms with Gasteiger partial charge in [-0.2, -0.15) is 0 Å². The SMILES string of the molecule is COc1c2c(cc3c1OCO3)[C@@]13C=C[C@H](OC)C[C@@H]1N(C2)C[C@@H]3O. The standard InChI is InChI=1S/C18H21NO5/c1-21-10-3-4-18-12-6-13-17(24-9-23-13)16(22-2)11(12)7-19(8-15(18)20)14(18)5-10/h3-4,6,10,14-15,20H,5,7-9H2,1-2H3/t10-,14-,15-,18-/m0/s1. The summed E-state index contributed by atoms with van der Waals surface area (Å²) >= 11 is 0. The van der Waals surface area contributed by atoms with E-state index in [2.05, 4.69) is 17.1 Å². The molecule has 1 fully saturated rings. The first-order chi connectivity index (χ1) is 11.7. The van der Waals surface area contributed by atoms with Crippen LogP contribution in [0.5, 0.6) is 17.2 Å². The van der Waals surface area contributed by atoms with Crippen LogP contribution in [0.1, 0.15) is 17.5 Å². The van der Waals surface area contributed by atoms with Gasteiger partial charge in [0.1, 0.15) is 0 Å². The first-order valence-electron chi connectivity index (χ1n) is 8.33. The van der Waals surface area contributed by atoms with Gasteiger partial charge in [-0.05, 0) is 18.1 Å². The van der Waals surface area contributed by atoms with Crippen molar-refractivity contribution in [2.45, 2.75) is 36.6 Å². The molecule has 128 valence electrons. The minimum Gasteiger partial charge on any atom is -0.492 e. The Kier molecular flexibility index (Phi) is 2.96. The van der Waals surface area contributed by atoms with Gasteiger partial charge in [0.15, 0.2) is 11.5 Å². The van der Waals surface area contributed by atoms with Crippen molar-refractivity contribution in [1.82, 2.24) is 4.90 Å². The molecule has 1 aromatic carbocycles. The Morgan fingerprint density at radius 1 is 1.33 bits per heavy atom. The fraction of sp³-hybridized carbons (Fsp3) is 0.556. The second-order valence-corrected chi connectivity index (χ2v) is 6.93. The van der Waals surface area contributed by atoms with Crippen LogP contribution in [0.25, 0.3) is 0 Å². The molecule has 0 saturated carbocycles. The zero-order valence-corrected chi connectivity index (χ0v) is 13.8. The third kappa shape index (κ3) is 1.61. The highest BCUT2D eigenvalue weighted by Crippen LogP contribution is 2.57. The number of aliphatic hydroxyl groups excluding tert-OH is 1. The van der Waals surface area contributed by atoms with Crippen molar-refractivity contribution in [3.8, 4) is 17.2 Å². The molecule has 24 heavy (non-hydrogen) atoms. The van der Waals surface area contributed by atoms with Gasteiger partial charge in [-0.3, -0.25) is 4.90 Å². The number of nitrogens with zero attached hydrogens (tertiary/aromatic N) is 1. The number of hydrogen-bond donors (Lipinski definition) is 1. The van der Waals surface area contributed by atoms with E-state index >= 15 is 0 Å². The van der Waals surface area contributed by atoms with E-state index in [0.717, 1.165) is 29.8 Å². The summed E-state index contributed by atoms with van der Waals surface area (Å²) in [5, 5.41) is 11.0. The normalized spacial score (nSPS) is 38.0. The van der Waals surface area contributed by atoms with Gasteiger partial charge >= 0.3 is 0 Å². The average molecular weight is 331 g/mol. The maximum absolute atomic E-state index is 11.0. The molecular weight excluding hydrogens is 310 g/mol. The van der Waals surface area contributed by atoms with Gasteiger partial charge in [0, 0.05) is 31.8 Å². The van der Waals surface area contributed by atoms with E-state index < -0.39 is 11.5 Å². The lowest BCUT2D eigenvalue weighted by Gasteiger charge is -2.46. The van der Waals surface area contributed by atoms with Gasteiger partial charge in [0.2, 0.25) is 12.5 Å². The maximum atomic E-state index is 11.0. The molecule has 0 spiro atoms. The van der Waals surface area contributed by atoms with E-state index in [1.165, 1.54) is 0 Å². The maximum Gasteiger partial charge on any atom is 0.231 e. The predicted molar refractivity (Wildman–Crippen MR) is 85.6 cm³/mol. The fourth-order valence-corrected chi connectivity index (χ4v) is 4.97. The fourth-order valence-electron chi connectivity index (χ4n) is 4.97. The van der Waals surface area contributed by atoms with Crippen molar-refractivity contribution in [3.63, 3.8) is 0 Å². The number of ether oxygens (including phenoxy) is 4. The van der Waals surface area contributed by atoms with Crippen LogP contribution < -0.4 is 14.2 Å². The highest BCUT2D eigenvalue weighted by Gasteiger charge is 2.59. The van der Waals surface area contributed by atoms with E-state index in [4.69, 9.17) is 18.9 Å². The first-order valence-corrected chi connectivity index (χ1v) is 8.33. The quantitative estimate of drug-likeness (QED) is 0.822. The second-order valence-electron chi connectivity index (χ2n) is 6.93. The molecule has 4 aliphatic rings. The van der Waals surface area contributed by atoms with Gasteiger partial charge in [-0.15, -0.1) is 0 Å². The molecule has 3 aliphatic heterocycles. The zero-order valence-electron chi connectivity index (χ0n) is 13.8. The van der Waals surface area contributed by atoms with Crippen LogP contribution in [0, 0.1) is 0 Å². The van der Waals surface area contributed by atoms with Crippen molar-refractivity contribution in [3.05, 3.63) is 29.3 Å². The summed E-state index contributed by atoms with van der Waals surface area (Å²) in [6.45, 7) is 1.59. The number of aliphatic hydroxyl groups is 1. The van der Waals surface area contributed by atoms with E-state index in [1.807, 2.05) is 6.07 Å². The highest BCUT2D eigenvalue weighted by molar-refractivity contribution is 5.65. The minimum absolute atomic E-state index is 0.0911. The molecule has 1 unspecified atom stereocenters. The molecule has 6 nitrogen and oxygen atoms in total. The Morgan fingerprint density at radius 2 is 2.21 bits per heavy atom. The number of benzene rings is 1. The molecule has 3 heterocycles. The molecule has 1 aliphatic carbocycles. The first kappa shape index (κ1) is 14.6. The van der Waals surface area contributed by atoms with Crippen LogP contribution in [0.2, 0.25) is 0 Å². The topological polar surface area (TPSA) is 60.4 Å². The van der Waals surface area contributed by atoms with Crippen molar-refractivity contribution in [2.75, 3.05) is 27.6 Å². The molecule has 5 rings (SSSR count). The number of methoxy groups -OCH3 is 2. The van der Waals surface area contributed by atoms with Gasteiger partial charge < -0.3 is 24.1 Å². The van der Waals surface area contributed by atoms with E-state index in [-0.39, 0.29) is 18.9 Å². The Hall–Kier alpha value is -1.76. The lowest BCUT2D eigenvalue weighted by molar-refractivity contribution is 0.0655. The van der Waals surface area contributed by atoms with Gasteiger partial charge in [0.05, 0.1) is 24.7 Å². The van der Waals surface area contributed by atoms with Crippen LogP contribution in [-0.2, 0) is 16.7 Å². The Morgan fingerprint density at radius 3 is 3.00 bits per heavy atom. The number of rotatable bonds is 2. The largest absolute Gasteiger partial charge is 0.492 e. The van der Waals surface area contributed by atoms with Crippen molar-refractivity contribution in [2.24, 2.45) is 0 Å². The Bertz CT molecular complexity index is 733. The van der Waals surface area contributed by atoms with Crippen molar-refractivity contribution < 1.29 is 24.1 Å². The summed E-state index contributed by atoms with van der Waals surface area (Å²) < 4.78 is 22.4. The van der Waals surface area contributed by atoms with Crippen LogP contribution in [0.3, 0.4) is 0 Å². The lowest BCUT2D eigenvalue weighted by atomic mass is 9.65. The molecule has 0 radical (unpaired) electrons. The predicted octanol–water partition coefficient (Wildman–Crippen LogP) is 1.20. The smallest absolute Gasteiger partial charge is 0.231 e. The molecule has 1 N–H and O–H groups in total. The highest BCUT2D eigenvalue weighted by atomic mass is 16.7. The van der Waals surface area contributed by atoms with E-state index in [1.54, 1.807) is 14.2 Å². The molecule has 1 aromatic rings. The van der Waals surface area contributed by atoms with Crippen LogP contribution in [-0.4, -0.2) is 55.8 Å². The zero-order chi connectivity index (χ0) is 16.5. The summed E-state index contributed by atoms with van der Waals surface area (Å²) in [4.78, 5) is 2.34. The van der Waals surface area contributed by atoms with Gasteiger partial charge in [-0.25, -0.2) is 0 Å². The van der Waals surface area contributed by atoms with Crippen molar-refractivity contribution in [1.29, 1.82) is 0 Å².